The van der Waals surface area contributed by atoms with Gasteiger partial charge in [0.1, 0.15) is 25.6 Å². The lowest BCUT2D eigenvalue weighted by Crippen LogP contribution is -2.18. The van der Waals surface area contributed by atoms with Crippen LogP contribution in [-0.2, 0) is 38.0 Å². The molecular weight excluding hydrogens is 332 g/mol. The van der Waals surface area contributed by atoms with Crippen LogP contribution in [0, 0.1) is 0 Å². The summed E-state index contributed by atoms with van der Waals surface area (Å²) in [7, 11) is 1.42. The molecule has 8 nitrogen and oxygen atoms in total. The Morgan fingerprint density at radius 3 is 2.04 bits per heavy atom. The summed E-state index contributed by atoms with van der Waals surface area (Å²) < 4.78 is 30.2. The van der Waals surface area contributed by atoms with Gasteiger partial charge >= 0.3 is 11.9 Å². The largest absolute Gasteiger partial charge is 0.482 e. The Labute approximate surface area is 147 Å². The van der Waals surface area contributed by atoms with Crippen LogP contribution in [0.5, 0.6) is 0 Å². The lowest BCUT2D eigenvalue weighted by Gasteiger charge is -2.10. The van der Waals surface area contributed by atoms with E-state index in [-0.39, 0.29) is 39.6 Å². The van der Waals surface area contributed by atoms with Gasteiger partial charge in [0.05, 0.1) is 26.4 Å². The number of allylic oxidation sites excluding steroid dienone is 3. The van der Waals surface area contributed by atoms with Crippen LogP contribution in [0.3, 0.4) is 0 Å². The van der Waals surface area contributed by atoms with Crippen molar-refractivity contribution in [3.8, 4) is 0 Å². The summed E-state index contributed by atoms with van der Waals surface area (Å²) in [5.74, 6) is -0.161. The molecule has 0 N–H and O–H groups in total. The molecule has 0 aliphatic heterocycles. The molecule has 0 aromatic rings. The molecule has 0 aromatic heterocycles. The molecule has 0 heterocycles. The molecule has 0 saturated heterocycles. The molecule has 0 spiro atoms. The van der Waals surface area contributed by atoms with E-state index in [2.05, 4.69) is 4.74 Å². The van der Waals surface area contributed by atoms with Crippen molar-refractivity contribution in [1.82, 2.24) is 0 Å². The van der Waals surface area contributed by atoms with Crippen LogP contribution in [0.25, 0.3) is 0 Å². The lowest BCUT2D eigenvalue weighted by molar-refractivity contribution is -0.150. The van der Waals surface area contributed by atoms with Gasteiger partial charge < -0.3 is 28.4 Å². The zero-order chi connectivity index (χ0) is 18.2. The minimum Gasteiger partial charge on any atom is -0.482 e. The van der Waals surface area contributed by atoms with E-state index in [1.807, 2.05) is 18.2 Å². The van der Waals surface area contributed by atoms with Crippen molar-refractivity contribution >= 4 is 11.9 Å². The lowest BCUT2D eigenvalue weighted by atomic mass is 10.2. The van der Waals surface area contributed by atoms with Crippen molar-refractivity contribution in [3.63, 3.8) is 0 Å². The molecule has 1 rings (SSSR count). The van der Waals surface area contributed by atoms with Gasteiger partial charge in [-0.25, -0.2) is 9.59 Å². The standard InChI is InChI=1S/C17H26O8/c1-20-13-16(18)23-11-9-21-7-8-22-10-12-24-17(19)14-25-15-5-3-2-4-6-15/h3,5-6H,2,4,7-14H2,1H3. The highest BCUT2D eigenvalue weighted by molar-refractivity contribution is 5.71. The van der Waals surface area contributed by atoms with Gasteiger partial charge in [0.2, 0.25) is 0 Å². The van der Waals surface area contributed by atoms with Gasteiger partial charge in [-0.15, -0.1) is 0 Å². The molecule has 8 heteroatoms. The second kappa shape index (κ2) is 14.4. The van der Waals surface area contributed by atoms with Crippen molar-refractivity contribution < 1.29 is 38.0 Å². The highest BCUT2D eigenvalue weighted by Crippen LogP contribution is 2.10. The number of hydrogen-bond acceptors (Lipinski definition) is 8. The first kappa shape index (κ1) is 21.1. The summed E-state index contributed by atoms with van der Waals surface area (Å²) in [6.07, 6.45) is 7.71. The predicted molar refractivity (Wildman–Crippen MR) is 87.8 cm³/mol. The first-order valence-corrected chi connectivity index (χ1v) is 8.17. The van der Waals surface area contributed by atoms with Crippen LogP contribution in [0.15, 0.2) is 24.0 Å². The van der Waals surface area contributed by atoms with Crippen molar-refractivity contribution in [3.05, 3.63) is 24.0 Å². The molecule has 142 valence electrons. The van der Waals surface area contributed by atoms with E-state index in [0.717, 1.165) is 12.8 Å². The number of carbonyl (C=O) groups excluding carboxylic acids is 2. The summed E-state index contributed by atoms with van der Waals surface area (Å²) in [6, 6.07) is 0. The van der Waals surface area contributed by atoms with Crippen molar-refractivity contribution in [2.45, 2.75) is 12.8 Å². The molecule has 0 aromatic carbocycles. The van der Waals surface area contributed by atoms with Crippen molar-refractivity contribution in [2.24, 2.45) is 0 Å². The normalized spacial score (nSPS) is 13.2. The van der Waals surface area contributed by atoms with E-state index in [9.17, 15) is 9.59 Å². The molecule has 0 amide bonds. The predicted octanol–water partition coefficient (Wildman–Crippen LogP) is 1.00. The Balaban J connectivity index is 1.83. The van der Waals surface area contributed by atoms with E-state index in [1.165, 1.54) is 7.11 Å². The van der Waals surface area contributed by atoms with Crippen LogP contribution >= 0.6 is 0 Å². The van der Waals surface area contributed by atoms with E-state index in [0.29, 0.717) is 19.0 Å². The van der Waals surface area contributed by atoms with Gasteiger partial charge in [-0.05, 0) is 25.0 Å². The van der Waals surface area contributed by atoms with Gasteiger partial charge in [0.25, 0.3) is 0 Å². The molecule has 0 bridgehead atoms. The second-order valence-electron chi connectivity index (χ2n) is 4.97. The van der Waals surface area contributed by atoms with Crippen LogP contribution in [0.1, 0.15) is 12.8 Å². The zero-order valence-corrected chi connectivity index (χ0v) is 14.6. The Hall–Kier alpha value is -1.90. The molecule has 0 atom stereocenters. The third-order valence-electron chi connectivity index (χ3n) is 2.93. The zero-order valence-electron chi connectivity index (χ0n) is 14.6. The van der Waals surface area contributed by atoms with Crippen LogP contribution in [0.2, 0.25) is 0 Å². The van der Waals surface area contributed by atoms with Gasteiger partial charge in [-0.2, -0.15) is 0 Å². The number of rotatable bonds is 14. The molecule has 0 fully saturated rings. The van der Waals surface area contributed by atoms with E-state index >= 15 is 0 Å². The minimum absolute atomic E-state index is 0.0683. The van der Waals surface area contributed by atoms with Crippen LogP contribution in [-0.4, -0.2) is 71.9 Å². The van der Waals surface area contributed by atoms with Gasteiger partial charge in [0, 0.05) is 7.11 Å². The summed E-state index contributed by atoms with van der Waals surface area (Å²) in [5.41, 5.74) is 0. The first-order valence-electron chi connectivity index (χ1n) is 8.17. The molecule has 0 saturated carbocycles. The van der Waals surface area contributed by atoms with Gasteiger partial charge in [0.15, 0.2) is 6.61 Å². The molecule has 1 aliphatic rings. The SMILES string of the molecule is COCC(=O)OCCOCCOCCOC(=O)COC1=CCCC=C1. The van der Waals surface area contributed by atoms with Crippen LogP contribution in [0.4, 0.5) is 0 Å². The Morgan fingerprint density at radius 1 is 0.880 bits per heavy atom. The molecular formula is C17H26O8. The molecule has 0 unspecified atom stereocenters. The highest BCUT2D eigenvalue weighted by Gasteiger charge is 2.05. The summed E-state index contributed by atoms with van der Waals surface area (Å²) in [6.45, 7) is 1.44. The van der Waals surface area contributed by atoms with Gasteiger partial charge in [-0.3, -0.25) is 0 Å². The highest BCUT2D eigenvalue weighted by atomic mass is 16.6. The quantitative estimate of drug-likeness (QED) is 0.336. The van der Waals surface area contributed by atoms with E-state index in [1.54, 1.807) is 0 Å². The summed E-state index contributed by atoms with van der Waals surface area (Å²) in [5, 5.41) is 0. The third kappa shape index (κ3) is 12.2. The number of ether oxygens (including phenoxy) is 6. The monoisotopic (exact) mass is 358 g/mol. The van der Waals surface area contributed by atoms with E-state index in [4.69, 9.17) is 23.7 Å². The third-order valence-corrected chi connectivity index (χ3v) is 2.93. The minimum atomic E-state index is -0.433. The Morgan fingerprint density at radius 2 is 1.48 bits per heavy atom. The van der Waals surface area contributed by atoms with Crippen molar-refractivity contribution in [2.75, 3.05) is 60.0 Å². The number of methoxy groups -OCH3 is 1. The van der Waals surface area contributed by atoms with Crippen LogP contribution < -0.4 is 0 Å². The fraction of sp³-hybridized carbons (Fsp3) is 0.647. The molecule has 1 aliphatic carbocycles. The average molecular weight is 358 g/mol. The average Bonchev–Trinajstić information content (AvgIpc) is 2.62. The Bertz CT molecular complexity index is 444. The molecule has 25 heavy (non-hydrogen) atoms. The second-order valence-corrected chi connectivity index (χ2v) is 4.97. The number of carbonyl (C=O) groups is 2. The topological polar surface area (TPSA) is 89.5 Å². The smallest absolute Gasteiger partial charge is 0.344 e. The van der Waals surface area contributed by atoms with Crippen molar-refractivity contribution in [1.29, 1.82) is 0 Å². The summed E-state index contributed by atoms with van der Waals surface area (Å²) in [4.78, 5) is 22.4. The number of esters is 2. The fourth-order valence-electron chi connectivity index (χ4n) is 1.79. The Kier molecular flexibility index (Phi) is 12.2. The van der Waals surface area contributed by atoms with Gasteiger partial charge in [-0.1, -0.05) is 6.08 Å². The summed E-state index contributed by atoms with van der Waals surface area (Å²) >= 11 is 0. The molecule has 0 radical (unpaired) electrons. The fourth-order valence-corrected chi connectivity index (χ4v) is 1.79. The maximum Gasteiger partial charge on any atom is 0.344 e. The maximum atomic E-state index is 11.5. The van der Waals surface area contributed by atoms with E-state index < -0.39 is 11.9 Å². The number of hydrogen-bond donors (Lipinski definition) is 0. The maximum absolute atomic E-state index is 11.5. The first-order chi connectivity index (χ1) is 12.2.